The van der Waals surface area contributed by atoms with Gasteiger partial charge in [0.15, 0.2) is 6.61 Å². The minimum atomic E-state index is -0.248. The summed E-state index contributed by atoms with van der Waals surface area (Å²) in [7, 11) is 0. The quantitative estimate of drug-likeness (QED) is 0.860. The Labute approximate surface area is 142 Å². The summed E-state index contributed by atoms with van der Waals surface area (Å²) >= 11 is 0. The standard InChI is InChI=1S/C18H23N3O3/c1-2-14-5-3-4-6-16(14)24-13-18(23)21-11-8-15(9-12-21)20-17(22)7-10-19/h3-6,15H,2,7-9,11-13H2,1H3,(H,20,22). The van der Waals surface area contributed by atoms with Crippen LogP contribution in [-0.4, -0.2) is 42.5 Å². The summed E-state index contributed by atoms with van der Waals surface area (Å²) in [6.45, 7) is 3.27. The Kier molecular flexibility index (Phi) is 6.62. The van der Waals surface area contributed by atoms with Crippen molar-refractivity contribution < 1.29 is 14.3 Å². The van der Waals surface area contributed by atoms with Crippen LogP contribution < -0.4 is 10.1 Å². The molecule has 0 aliphatic carbocycles. The molecule has 1 N–H and O–H groups in total. The van der Waals surface area contributed by atoms with E-state index < -0.39 is 0 Å². The summed E-state index contributed by atoms with van der Waals surface area (Å²) in [4.78, 5) is 25.5. The van der Waals surface area contributed by atoms with Crippen molar-refractivity contribution in [3.63, 3.8) is 0 Å². The first-order valence-electron chi connectivity index (χ1n) is 8.28. The lowest BCUT2D eigenvalue weighted by atomic mass is 10.0. The van der Waals surface area contributed by atoms with Gasteiger partial charge in [-0.1, -0.05) is 25.1 Å². The minimum absolute atomic E-state index is 0.0302. The number of carbonyl (C=O) groups is 2. The smallest absolute Gasteiger partial charge is 0.260 e. The summed E-state index contributed by atoms with van der Waals surface area (Å²) in [5.41, 5.74) is 1.09. The first kappa shape index (κ1) is 17.8. The summed E-state index contributed by atoms with van der Waals surface area (Å²) in [6.07, 6.45) is 2.14. The van der Waals surface area contributed by atoms with Crippen LogP contribution in [0, 0.1) is 11.3 Å². The van der Waals surface area contributed by atoms with Crippen molar-refractivity contribution in [3.05, 3.63) is 29.8 Å². The highest BCUT2D eigenvalue weighted by Gasteiger charge is 2.24. The molecule has 0 unspecified atom stereocenters. The number of para-hydroxylation sites is 1. The van der Waals surface area contributed by atoms with Crippen molar-refractivity contribution in [2.24, 2.45) is 0 Å². The predicted molar refractivity (Wildman–Crippen MR) is 89.3 cm³/mol. The third kappa shape index (κ3) is 4.98. The molecule has 0 aromatic heterocycles. The van der Waals surface area contributed by atoms with Gasteiger partial charge in [0.05, 0.1) is 6.07 Å². The molecule has 2 amide bonds. The maximum absolute atomic E-state index is 12.3. The molecule has 1 aliphatic rings. The van der Waals surface area contributed by atoms with Crippen molar-refractivity contribution in [2.45, 2.75) is 38.6 Å². The van der Waals surface area contributed by atoms with Crippen LogP contribution in [0.15, 0.2) is 24.3 Å². The minimum Gasteiger partial charge on any atom is -0.483 e. The van der Waals surface area contributed by atoms with E-state index in [1.165, 1.54) is 0 Å². The molecule has 6 nitrogen and oxygen atoms in total. The molecule has 1 saturated heterocycles. The molecule has 0 spiro atoms. The molecular formula is C18H23N3O3. The molecular weight excluding hydrogens is 306 g/mol. The van der Waals surface area contributed by atoms with Gasteiger partial charge in [-0.05, 0) is 30.9 Å². The molecule has 1 aromatic rings. The van der Waals surface area contributed by atoms with Crippen molar-refractivity contribution in [1.82, 2.24) is 10.2 Å². The maximum Gasteiger partial charge on any atom is 0.260 e. The normalized spacial score (nSPS) is 14.8. The highest BCUT2D eigenvalue weighted by Crippen LogP contribution is 2.18. The number of amides is 2. The zero-order chi connectivity index (χ0) is 17.4. The molecule has 1 heterocycles. The SMILES string of the molecule is CCc1ccccc1OCC(=O)N1CCC(NC(=O)CC#N)CC1. The summed E-state index contributed by atoms with van der Waals surface area (Å²) in [5, 5.41) is 11.3. The Morgan fingerprint density at radius 1 is 1.33 bits per heavy atom. The van der Waals surface area contributed by atoms with E-state index in [1.807, 2.05) is 30.3 Å². The van der Waals surface area contributed by atoms with Gasteiger partial charge in [-0.2, -0.15) is 5.26 Å². The molecule has 0 radical (unpaired) electrons. The molecule has 2 rings (SSSR count). The van der Waals surface area contributed by atoms with Gasteiger partial charge in [0.25, 0.3) is 5.91 Å². The third-order valence-electron chi connectivity index (χ3n) is 4.16. The number of carbonyl (C=O) groups excluding carboxylic acids is 2. The second-order valence-corrected chi connectivity index (χ2v) is 5.81. The number of rotatable bonds is 6. The molecule has 1 fully saturated rings. The van der Waals surface area contributed by atoms with Crippen LogP contribution in [0.25, 0.3) is 0 Å². The molecule has 128 valence electrons. The molecule has 0 saturated carbocycles. The number of likely N-dealkylation sites (tertiary alicyclic amines) is 1. The summed E-state index contributed by atoms with van der Waals surface area (Å²) < 4.78 is 5.67. The molecule has 1 aliphatic heterocycles. The Balaban J connectivity index is 1.77. The van der Waals surface area contributed by atoms with E-state index in [1.54, 1.807) is 4.90 Å². The number of hydrogen-bond acceptors (Lipinski definition) is 4. The predicted octanol–water partition coefficient (Wildman–Crippen LogP) is 1.65. The highest BCUT2D eigenvalue weighted by molar-refractivity contribution is 5.79. The van der Waals surface area contributed by atoms with E-state index in [2.05, 4.69) is 12.2 Å². The van der Waals surface area contributed by atoms with E-state index in [0.717, 1.165) is 17.7 Å². The number of piperidine rings is 1. The Bertz CT molecular complexity index is 616. The van der Waals surface area contributed by atoms with Gasteiger partial charge < -0.3 is 15.0 Å². The van der Waals surface area contributed by atoms with Crippen LogP contribution in [0.4, 0.5) is 0 Å². The van der Waals surface area contributed by atoms with Crippen LogP contribution >= 0.6 is 0 Å². The number of nitrogens with zero attached hydrogens (tertiary/aromatic N) is 2. The van der Waals surface area contributed by atoms with Gasteiger partial charge in [0.2, 0.25) is 5.91 Å². The van der Waals surface area contributed by atoms with Crippen LogP contribution in [0.3, 0.4) is 0 Å². The lowest BCUT2D eigenvalue weighted by molar-refractivity contribution is -0.134. The molecule has 6 heteroatoms. The lowest BCUT2D eigenvalue weighted by Crippen LogP contribution is -2.47. The van der Waals surface area contributed by atoms with E-state index in [-0.39, 0.29) is 30.9 Å². The fraction of sp³-hybridized carbons (Fsp3) is 0.500. The molecule has 1 aromatic carbocycles. The van der Waals surface area contributed by atoms with Gasteiger partial charge in [0, 0.05) is 19.1 Å². The largest absolute Gasteiger partial charge is 0.483 e. The first-order valence-corrected chi connectivity index (χ1v) is 8.28. The van der Waals surface area contributed by atoms with Crippen molar-refractivity contribution in [3.8, 4) is 11.8 Å². The van der Waals surface area contributed by atoms with E-state index in [0.29, 0.717) is 25.9 Å². The van der Waals surface area contributed by atoms with Crippen molar-refractivity contribution >= 4 is 11.8 Å². The van der Waals surface area contributed by atoms with E-state index in [9.17, 15) is 9.59 Å². The summed E-state index contributed by atoms with van der Waals surface area (Å²) in [6, 6.07) is 9.60. The van der Waals surface area contributed by atoms with Gasteiger partial charge in [-0.25, -0.2) is 0 Å². The van der Waals surface area contributed by atoms with Gasteiger partial charge in [-0.3, -0.25) is 9.59 Å². The third-order valence-corrected chi connectivity index (χ3v) is 4.16. The number of ether oxygens (including phenoxy) is 1. The number of benzene rings is 1. The van der Waals surface area contributed by atoms with Gasteiger partial charge >= 0.3 is 0 Å². The number of nitriles is 1. The van der Waals surface area contributed by atoms with E-state index in [4.69, 9.17) is 10.00 Å². The van der Waals surface area contributed by atoms with Gasteiger partial charge in [0.1, 0.15) is 12.2 Å². The number of hydrogen-bond donors (Lipinski definition) is 1. The fourth-order valence-electron chi connectivity index (χ4n) is 2.79. The average Bonchev–Trinajstić information content (AvgIpc) is 2.60. The number of aryl methyl sites for hydroxylation is 1. The topological polar surface area (TPSA) is 82.4 Å². The zero-order valence-electron chi connectivity index (χ0n) is 14.0. The van der Waals surface area contributed by atoms with Crippen LogP contribution in [-0.2, 0) is 16.0 Å². The van der Waals surface area contributed by atoms with Crippen LogP contribution in [0.1, 0.15) is 31.7 Å². The molecule has 24 heavy (non-hydrogen) atoms. The lowest BCUT2D eigenvalue weighted by Gasteiger charge is -2.32. The second kappa shape index (κ2) is 8.92. The molecule has 0 bridgehead atoms. The van der Waals surface area contributed by atoms with Crippen LogP contribution in [0.2, 0.25) is 0 Å². The number of nitrogens with one attached hydrogen (secondary N) is 1. The monoisotopic (exact) mass is 329 g/mol. The Morgan fingerprint density at radius 2 is 2.04 bits per heavy atom. The zero-order valence-corrected chi connectivity index (χ0v) is 14.0. The fourth-order valence-corrected chi connectivity index (χ4v) is 2.79. The van der Waals surface area contributed by atoms with Crippen molar-refractivity contribution in [1.29, 1.82) is 5.26 Å². The van der Waals surface area contributed by atoms with Gasteiger partial charge in [-0.15, -0.1) is 0 Å². The maximum atomic E-state index is 12.3. The first-order chi connectivity index (χ1) is 11.6. The van der Waals surface area contributed by atoms with Crippen LogP contribution in [0.5, 0.6) is 5.75 Å². The Hall–Kier alpha value is -2.55. The highest BCUT2D eigenvalue weighted by atomic mass is 16.5. The average molecular weight is 329 g/mol. The Morgan fingerprint density at radius 3 is 2.71 bits per heavy atom. The molecule has 0 atom stereocenters. The summed E-state index contributed by atoms with van der Waals surface area (Å²) in [5.74, 6) is 0.469. The second-order valence-electron chi connectivity index (χ2n) is 5.81. The van der Waals surface area contributed by atoms with E-state index >= 15 is 0 Å². The van der Waals surface area contributed by atoms with Crippen molar-refractivity contribution in [2.75, 3.05) is 19.7 Å².